The Morgan fingerprint density at radius 3 is 2.34 bits per heavy atom. The summed E-state index contributed by atoms with van der Waals surface area (Å²) in [4.78, 5) is 14.8. The Morgan fingerprint density at radius 1 is 1.03 bits per heavy atom. The first-order valence-corrected chi connectivity index (χ1v) is 10.9. The number of carbonyl (C=O) groups is 1. The molecule has 158 valence electrons. The number of amides is 1. The standard InChI is InChI=1S/C21H27NO6S/c1-15(2)13-22(21(23)17-7-6-8-18(12-17)26-3)14-16-9-10-19(27-4)20(11-16)28-29(5,24)25/h6-12,15H,13-14H2,1-5H3. The van der Waals surface area contributed by atoms with Gasteiger partial charge in [-0.15, -0.1) is 0 Å². The van der Waals surface area contributed by atoms with Crippen molar-refractivity contribution >= 4 is 16.0 Å². The van der Waals surface area contributed by atoms with Crippen molar-refractivity contribution < 1.29 is 26.9 Å². The highest BCUT2D eigenvalue weighted by atomic mass is 32.2. The Morgan fingerprint density at radius 2 is 1.76 bits per heavy atom. The fourth-order valence-corrected chi connectivity index (χ4v) is 3.32. The second kappa shape index (κ2) is 9.65. The fourth-order valence-electron chi connectivity index (χ4n) is 2.87. The molecule has 8 heteroatoms. The molecule has 29 heavy (non-hydrogen) atoms. The summed E-state index contributed by atoms with van der Waals surface area (Å²) >= 11 is 0. The van der Waals surface area contributed by atoms with Gasteiger partial charge in [-0.3, -0.25) is 4.79 Å². The molecule has 0 radical (unpaired) electrons. The van der Waals surface area contributed by atoms with Crippen molar-refractivity contribution in [3.8, 4) is 17.2 Å². The molecule has 1 amide bonds. The molecule has 7 nitrogen and oxygen atoms in total. The van der Waals surface area contributed by atoms with E-state index in [1.165, 1.54) is 7.11 Å². The van der Waals surface area contributed by atoms with Gasteiger partial charge in [0.05, 0.1) is 20.5 Å². The van der Waals surface area contributed by atoms with Gasteiger partial charge in [0.2, 0.25) is 0 Å². The number of rotatable bonds is 9. The van der Waals surface area contributed by atoms with Crippen LogP contribution in [0.25, 0.3) is 0 Å². The molecule has 0 atom stereocenters. The molecule has 0 unspecified atom stereocenters. The number of benzene rings is 2. The van der Waals surface area contributed by atoms with Crippen molar-refractivity contribution in [3.63, 3.8) is 0 Å². The summed E-state index contributed by atoms with van der Waals surface area (Å²) in [6, 6.07) is 12.0. The summed E-state index contributed by atoms with van der Waals surface area (Å²) in [5, 5.41) is 0. The van der Waals surface area contributed by atoms with Crippen LogP contribution in [0.4, 0.5) is 0 Å². The van der Waals surface area contributed by atoms with Gasteiger partial charge >= 0.3 is 10.1 Å². The first-order valence-electron chi connectivity index (χ1n) is 9.12. The minimum Gasteiger partial charge on any atom is -0.497 e. The minimum atomic E-state index is -3.72. The van der Waals surface area contributed by atoms with Gasteiger partial charge in [0.1, 0.15) is 5.75 Å². The van der Waals surface area contributed by atoms with E-state index in [1.807, 2.05) is 13.8 Å². The Kier molecular flexibility index (Phi) is 7.50. The van der Waals surface area contributed by atoms with Gasteiger partial charge in [0.25, 0.3) is 5.91 Å². The molecule has 2 aromatic rings. The largest absolute Gasteiger partial charge is 0.497 e. The Bertz CT molecular complexity index is 955. The average Bonchev–Trinajstić information content (AvgIpc) is 2.65. The van der Waals surface area contributed by atoms with E-state index in [0.717, 1.165) is 11.8 Å². The van der Waals surface area contributed by atoms with Gasteiger partial charge in [-0.25, -0.2) is 0 Å². The maximum atomic E-state index is 13.1. The zero-order valence-corrected chi connectivity index (χ0v) is 18.2. The van der Waals surface area contributed by atoms with Crippen LogP contribution >= 0.6 is 0 Å². The smallest absolute Gasteiger partial charge is 0.306 e. The van der Waals surface area contributed by atoms with Crippen molar-refractivity contribution in [1.29, 1.82) is 0 Å². The van der Waals surface area contributed by atoms with E-state index in [0.29, 0.717) is 30.2 Å². The lowest BCUT2D eigenvalue weighted by Crippen LogP contribution is -2.33. The maximum Gasteiger partial charge on any atom is 0.306 e. The molecule has 2 rings (SSSR count). The summed E-state index contributed by atoms with van der Waals surface area (Å²) in [6.45, 7) is 4.87. The van der Waals surface area contributed by atoms with Gasteiger partial charge in [0.15, 0.2) is 11.5 Å². The lowest BCUT2D eigenvalue weighted by atomic mass is 10.1. The van der Waals surface area contributed by atoms with Crippen LogP contribution in [0, 0.1) is 5.92 Å². The van der Waals surface area contributed by atoms with Crippen molar-refractivity contribution in [2.75, 3.05) is 27.0 Å². The van der Waals surface area contributed by atoms with Crippen LogP contribution in [-0.2, 0) is 16.7 Å². The fraction of sp³-hybridized carbons (Fsp3) is 0.381. The molecule has 2 aromatic carbocycles. The van der Waals surface area contributed by atoms with Crippen LogP contribution in [0.15, 0.2) is 42.5 Å². The van der Waals surface area contributed by atoms with E-state index in [1.54, 1.807) is 54.5 Å². The second-order valence-corrected chi connectivity index (χ2v) is 8.66. The third kappa shape index (κ3) is 6.67. The molecule has 0 bridgehead atoms. The van der Waals surface area contributed by atoms with Crippen molar-refractivity contribution in [1.82, 2.24) is 4.90 Å². The van der Waals surface area contributed by atoms with Crippen LogP contribution in [0.5, 0.6) is 17.2 Å². The molecule has 0 heterocycles. The van der Waals surface area contributed by atoms with E-state index in [9.17, 15) is 13.2 Å². The molecule has 0 aliphatic carbocycles. The normalized spacial score (nSPS) is 11.2. The van der Waals surface area contributed by atoms with E-state index in [4.69, 9.17) is 13.7 Å². The minimum absolute atomic E-state index is 0.0887. The number of carbonyl (C=O) groups excluding carboxylic acids is 1. The predicted octanol–water partition coefficient (Wildman–Crippen LogP) is 3.34. The third-order valence-electron chi connectivity index (χ3n) is 4.03. The molecule has 0 saturated carbocycles. The number of methoxy groups -OCH3 is 2. The molecular weight excluding hydrogens is 394 g/mol. The summed E-state index contributed by atoms with van der Waals surface area (Å²) in [5.41, 5.74) is 1.24. The number of nitrogens with zero attached hydrogens (tertiary/aromatic N) is 1. The number of hydrogen-bond donors (Lipinski definition) is 0. The van der Waals surface area contributed by atoms with Crippen LogP contribution in [-0.4, -0.2) is 46.2 Å². The molecule has 0 aliphatic heterocycles. The lowest BCUT2D eigenvalue weighted by molar-refractivity contribution is 0.0722. The molecule has 0 spiro atoms. The molecule has 0 fully saturated rings. The van der Waals surface area contributed by atoms with E-state index >= 15 is 0 Å². The van der Waals surface area contributed by atoms with E-state index in [2.05, 4.69) is 0 Å². The van der Waals surface area contributed by atoms with Gasteiger partial charge < -0.3 is 18.6 Å². The third-order valence-corrected chi connectivity index (χ3v) is 4.51. The molecule has 0 aromatic heterocycles. The Balaban J connectivity index is 2.34. The van der Waals surface area contributed by atoms with Crippen molar-refractivity contribution in [2.45, 2.75) is 20.4 Å². The van der Waals surface area contributed by atoms with E-state index in [-0.39, 0.29) is 17.6 Å². The summed E-state index contributed by atoms with van der Waals surface area (Å²) < 4.78 is 38.5. The highest BCUT2D eigenvalue weighted by Crippen LogP contribution is 2.30. The summed E-state index contributed by atoms with van der Waals surface area (Å²) in [7, 11) is -0.732. The van der Waals surface area contributed by atoms with Crippen molar-refractivity contribution in [2.24, 2.45) is 5.92 Å². The Labute approximate surface area is 172 Å². The molecular formula is C21H27NO6S. The SMILES string of the molecule is COc1cccc(C(=O)N(Cc2ccc(OC)c(OS(C)(=O)=O)c2)CC(C)C)c1. The van der Waals surface area contributed by atoms with Crippen LogP contribution in [0.2, 0.25) is 0 Å². The Hall–Kier alpha value is -2.74. The molecule has 0 saturated heterocycles. The predicted molar refractivity (Wildman–Crippen MR) is 111 cm³/mol. The van der Waals surface area contributed by atoms with Crippen LogP contribution in [0.1, 0.15) is 29.8 Å². The van der Waals surface area contributed by atoms with Gasteiger partial charge in [-0.05, 0) is 41.8 Å². The van der Waals surface area contributed by atoms with Gasteiger partial charge in [-0.1, -0.05) is 26.0 Å². The van der Waals surface area contributed by atoms with Crippen LogP contribution in [0.3, 0.4) is 0 Å². The van der Waals surface area contributed by atoms with Gasteiger partial charge in [-0.2, -0.15) is 8.42 Å². The van der Waals surface area contributed by atoms with Gasteiger partial charge in [0, 0.05) is 18.7 Å². The topological polar surface area (TPSA) is 82.1 Å². The molecule has 0 N–H and O–H groups in total. The quantitative estimate of drug-likeness (QED) is 0.578. The van der Waals surface area contributed by atoms with E-state index < -0.39 is 10.1 Å². The highest BCUT2D eigenvalue weighted by Gasteiger charge is 2.19. The zero-order chi connectivity index (χ0) is 21.6. The first kappa shape index (κ1) is 22.5. The first-order chi connectivity index (χ1) is 13.6. The maximum absolute atomic E-state index is 13.1. The van der Waals surface area contributed by atoms with Crippen LogP contribution < -0.4 is 13.7 Å². The second-order valence-electron chi connectivity index (χ2n) is 7.08. The lowest BCUT2D eigenvalue weighted by Gasteiger charge is -2.25. The molecule has 0 aliphatic rings. The summed E-state index contributed by atoms with van der Waals surface area (Å²) in [5.74, 6) is 1.10. The monoisotopic (exact) mass is 421 g/mol. The van der Waals surface area contributed by atoms with Crippen molar-refractivity contribution in [3.05, 3.63) is 53.6 Å². The average molecular weight is 422 g/mol. The zero-order valence-electron chi connectivity index (χ0n) is 17.3. The summed E-state index contributed by atoms with van der Waals surface area (Å²) in [6.07, 6.45) is 0.969. The highest BCUT2D eigenvalue weighted by molar-refractivity contribution is 7.86. The number of hydrogen-bond acceptors (Lipinski definition) is 6. The number of ether oxygens (including phenoxy) is 2.